The van der Waals surface area contributed by atoms with E-state index in [1.165, 1.54) is 7.11 Å². The van der Waals surface area contributed by atoms with Crippen LogP contribution in [-0.4, -0.2) is 24.7 Å². The number of phenols is 1. The normalized spacial score (nSPS) is 16.0. The number of carbonyl (C=O) groups excluding carboxylic acids is 1. The molecule has 0 bridgehead atoms. The van der Waals surface area contributed by atoms with E-state index in [2.05, 4.69) is 5.32 Å². The molecule has 1 heterocycles. The van der Waals surface area contributed by atoms with E-state index in [1.54, 1.807) is 18.2 Å². The first-order chi connectivity index (χ1) is 10.2. The molecule has 2 N–H and O–H groups in total. The zero-order valence-electron chi connectivity index (χ0n) is 11.5. The molecule has 1 aliphatic heterocycles. The maximum atomic E-state index is 12.3. The molecule has 0 aliphatic carbocycles. The SMILES string of the molecule is COc1cccc(C(=O)NC2COc3ccccc32)c1O. The second-order valence-electron chi connectivity index (χ2n) is 4.73. The van der Waals surface area contributed by atoms with E-state index in [1.807, 2.05) is 24.3 Å². The van der Waals surface area contributed by atoms with Gasteiger partial charge in [-0.3, -0.25) is 4.79 Å². The second kappa shape index (κ2) is 5.36. The van der Waals surface area contributed by atoms with Crippen molar-refractivity contribution in [3.05, 3.63) is 53.6 Å². The summed E-state index contributed by atoms with van der Waals surface area (Å²) in [6.07, 6.45) is 0. The third kappa shape index (κ3) is 2.38. The summed E-state index contributed by atoms with van der Waals surface area (Å²) in [5, 5.41) is 12.9. The number of fused-ring (bicyclic) bond motifs is 1. The number of hydrogen-bond donors (Lipinski definition) is 2. The molecule has 2 aromatic rings. The van der Waals surface area contributed by atoms with Crippen LogP contribution in [0.2, 0.25) is 0 Å². The zero-order valence-corrected chi connectivity index (χ0v) is 11.5. The molecule has 1 unspecified atom stereocenters. The molecule has 21 heavy (non-hydrogen) atoms. The number of nitrogens with one attached hydrogen (secondary N) is 1. The summed E-state index contributed by atoms with van der Waals surface area (Å²) >= 11 is 0. The van der Waals surface area contributed by atoms with Crippen molar-refractivity contribution in [1.82, 2.24) is 5.32 Å². The summed E-state index contributed by atoms with van der Waals surface area (Å²) < 4.78 is 10.5. The lowest BCUT2D eigenvalue weighted by Crippen LogP contribution is -2.29. The molecule has 0 fully saturated rings. The van der Waals surface area contributed by atoms with Gasteiger partial charge in [0.05, 0.1) is 18.7 Å². The van der Waals surface area contributed by atoms with Gasteiger partial charge < -0.3 is 19.9 Å². The molecule has 1 atom stereocenters. The minimum atomic E-state index is -0.364. The number of amides is 1. The van der Waals surface area contributed by atoms with E-state index in [9.17, 15) is 9.90 Å². The van der Waals surface area contributed by atoms with Gasteiger partial charge in [0.1, 0.15) is 12.4 Å². The third-order valence-corrected chi connectivity index (χ3v) is 3.47. The van der Waals surface area contributed by atoms with Crippen LogP contribution in [0.15, 0.2) is 42.5 Å². The van der Waals surface area contributed by atoms with Gasteiger partial charge in [-0.25, -0.2) is 0 Å². The lowest BCUT2D eigenvalue weighted by molar-refractivity contribution is 0.0927. The Morgan fingerprint density at radius 1 is 1.29 bits per heavy atom. The second-order valence-corrected chi connectivity index (χ2v) is 4.73. The highest BCUT2D eigenvalue weighted by Crippen LogP contribution is 2.33. The number of benzene rings is 2. The molecule has 0 aromatic heterocycles. The molecular formula is C16H15NO4. The van der Waals surface area contributed by atoms with Gasteiger partial charge in [-0.1, -0.05) is 24.3 Å². The predicted molar refractivity (Wildman–Crippen MR) is 76.8 cm³/mol. The standard InChI is InChI=1S/C16H15NO4/c1-20-14-8-4-6-11(15(14)18)16(19)17-12-9-21-13-7-3-2-5-10(12)13/h2-8,12,18H,9H2,1H3,(H,17,19). The van der Waals surface area contributed by atoms with Gasteiger partial charge in [-0.15, -0.1) is 0 Å². The Balaban J connectivity index is 1.82. The number of phenolic OH excluding ortho intramolecular Hbond substituents is 1. The Kier molecular flexibility index (Phi) is 3.39. The van der Waals surface area contributed by atoms with Crippen LogP contribution in [0.4, 0.5) is 0 Å². The van der Waals surface area contributed by atoms with Crippen molar-refractivity contribution in [1.29, 1.82) is 0 Å². The summed E-state index contributed by atoms with van der Waals surface area (Å²) in [6, 6.07) is 12.1. The zero-order chi connectivity index (χ0) is 14.8. The summed E-state index contributed by atoms with van der Waals surface area (Å²) in [5.74, 6) is 0.518. The molecule has 1 amide bonds. The van der Waals surface area contributed by atoms with Gasteiger partial charge >= 0.3 is 0 Å². The molecule has 0 saturated carbocycles. The highest BCUT2D eigenvalue weighted by Gasteiger charge is 2.26. The van der Waals surface area contributed by atoms with Crippen LogP contribution in [0.25, 0.3) is 0 Å². The van der Waals surface area contributed by atoms with Crippen molar-refractivity contribution in [2.24, 2.45) is 0 Å². The van der Waals surface area contributed by atoms with Crippen molar-refractivity contribution in [2.75, 3.05) is 13.7 Å². The molecule has 5 nitrogen and oxygen atoms in total. The lowest BCUT2D eigenvalue weighted by Gasteiger charge is -2.13. The largest absolute Gasteiger partial charge is 0.504 e. The maximum Gasteiger partial charge on any atom is 0.255 e. The van der Waals surface area contributed by atoms with Crippen LogP contribution in [-0.2, 0) is 0 Å². The van der Waals surface area contributed by atoms with Crippen LogP contribution in [0, 0.1) is 0 Å². The first-order valence-corrected chi connectivity index (χ1v) is 6.59. The van der Waals surface area contributed by atoms with Crippen LogP contribution in [0.1, 0.15) is 22.0 Å². The highest BCUT2D eigenvalue weighted by molar-refractivity contribution is 5.98. The smallest absolute Gasteiger partial charge is 0.255 e. The van der Waals surface area contributed by atoms with Gasteiger partial charge in [-0.2, -0.15) is 0 Å². The monoisotopic (exact) mass is 285 g/mol. The Labute approximate surface area is 122 Å². The molecule has 0 saturated heterocycles. The first-order valence-electron chi connectivity index (χ1n) is 6.59. The van der Waals surface area contributed by atoms with E-state index in [4.69, 9.17) is 9.47 Å². The Morgan fingerprint density at radius 3 is 2.90 bits per heavy atom. The van der Waals surface area contributed by atoms with E-state index < -0.39 is 0 Å². The molecule has 0 radical (unpaired) electrons. The van der Waals surface area contributed by atoms with Crippen LogP contribution < -0.4 is 14.8 Å². The van der Waals surface area contributed by atoms with E-state index in [-0.39, 0.29) is 29.0 Å². The molecular weight excluding hydrogens is 270 g/mol. The number of para-hydroxylation sites is 2. The van der Waals surface area contributed by atoms with Gasteiger partial charge in [-0.05, 0) is 18.2 Å². The van der Waals surface area contributed by atoms with Crippen molar-refractivity contribution >= 4 is 5.91 Å². The van der Waals surface area contributed by atoms with Crippen molar-refractivity contribution in [2.45, 2.75) is 6.04 Å². The molecule has 3 rings (SSSR count). The number of aromatic hydroxyl groups is 1. The molecule has 108 valence electrons. The fraction of sp³-hybridized carbons (Fsp3) is 0.188. The van der Waals surface area contributed by atoms with Gasteiger partial charge in [0.25, 0.3) is 5.91 Å². The summed E-state index contributed by atoms with van der Waals surface area (Å²) in [5.41, 5.74) is 1.12. The molecule has 0 spiro atoms. The minimum Gasteiger partial charge on any atom is -0.504 e. The summed E-state index contributed by atoms with van der Waals surface area (Å²) in [4.78, 5) is 12.3. The Bertz CT molecular complexity index is 684. The quantitative estimate of drug-likeness (QED) is 0.907. The summed E-state index contributed by atoms with van der Waals surface area (Å²) in [6.45, 7) is 0.385. The Hall–Kier alpha value is -2.69. The van der Waals surface area contributed by atoms with Crippen molar-refractivity contribution in [3.63, 3.8) is 0 Å². The number of carbonyl (C=O) groups is 1. The highest BCUT2D eigenvalue weighted by atomic mass is 16.5. The van der Waals surface area contributed by atoms with E-state index in [0.717, 1.165) is 11.3 Å². The summed E-state index contributed by atoms with van der Waals surface area (Å²) in [7, 11) is 1.44. The number of hydrogen-bond acceptors (Lipinski definition) is 4. The van der Waals surface area contributed by atoms with Gasteiger partial charge in [0, 0.05) is 5.56 Å². The topological polar surface area (TPSA) is 67.8 Å². The van der Waals surface area contributed by atoms with Crippen LogP contribution in [0.5, 0.6) is 17.2 Å². The van der Waals surface area contributed by atoms with Gasteiger partial charge in [0.15, 0.2) is 11.5 Å². The van der Waals surface area contributed by atoms with Crippen LogP contribution >= 0.6 is 0 Å². The average Bonchev–Trinajstić information content (AvgIpc) is 2.91. The number of methoxy groups -OCH3 is 1. The average molecular weight is 285 g/mol. The number of rotatable bonds is 3. The minimum absolute atomic E-state index is 0.162. The van der Waals surface area contributed by atoms with Crippen molar-refractivity contribution in [3.8, 4) is 17.2 Å². The fourth-order valence-corrected chi connectivity index (χ4v) is 2.39. The predicted octanol–water partition coefficient (Wildman–Crippen LogP) is 2.26. The first kappa shape index (κ1) is 13.3. The van der Waals surface area contributed by atoms with E-state index in [0.29, 0.717) is 6.61 Å². The molecule has 1 aliphatic rings. The van der Waals surface area contributed by atoms with Crippen molar-refractivity contribution < 1.29 is 19.4 Å². The Morgan fingerprint density at radius 2 is 2.10 bits per heavy atom. The van der Waals surface area contributed by atoms with Gasteiger partial charge in [0.2, 0.25) is 0 Å². The lowest BCUT2D eigenvalue weighted by atomic mass is 10.1. The fourth-order valence-electron chi connectivity index (χ4n) is 2.39. The van der Waals surface area contributed by atoms with E-state index >= 15 is 0 Å². The molecule has 2 aromatic carbocycles. The van der Waals surface area contributed by atoms with Crippen LogP contribution in [0.3, 0.4) is 0 Å². The third-order valence-electron chi connectivity index (χ3n) is 3.47. The molecule has 5 heteroatoms. The maximum absolute atomic E-state index is 12.3. The number of ether oxygens (including phenoxy) is 2.